The van der Waals surface area contributed by atoms with E-state index in [-0.39, 0.29) is 12.5 Å². The first-order chi connectivity index (χ1) is 6.61. The van der Waals surface area contributed by atoms with Gasteiger partial charge in [-0.2, -0.15) is 0 Å². The molecular formula is C8H16N4O2. The van der Waals surface area contributed by atoms with Crippen LogP contribution in [0.1, 0.15) is 6.42 Å². The van der Waals surface area contributed by atoms with Crippen molar-refractivity contribution in [1.29, 1.82) is 0 Å². The van der Waals surface area contributed by atoms with Gasteiger partial charge in [-0.15, -0.1) is 0 Å². The van der Waals surface area contributed by atoms with Crippen LogP contribution in [-0.4, -0.2) is 43.0 Å². The molecule has 1 aliphatic rings. The SMILES string of the molecule is NCC1CCN(CC(=O)NC(N)=O)C1. The van der Waals surface area contributed by atoms with Crippen LogP contribution in [0.3, 0.4) is 0 Å². The standard InChI is InChI=1S/C8H16N4O2/c9-3-6-1-2-12(4-6)5-7(13)11-8(10)14/h6H,1-5,9H2,(H3,10,11,13,14). The fourth-order valence-electron chi connectivity index (χ4n) is 1.63. The molecule has 1 atom stereocenters. The van der Waals surface area contributed by atoms with Crippen LogP contribution >= 0.6 is 0 Å². The quantitative estimate of drug-likeness (QED) is 0.514. The molecule has 1 saturated heterocycles. The predicted octanol–water partition coefficient (Wildman–Crippen LogP) is -1.54. The number of urea groups is 1. The Labute approximate surface area is 82.6 Å². The lowest BCUT2D eigenvalue weighted by Gasteiger charge is -2.13. The summed E-state index contributed by atoms with van der Waals surface area (Å²) < 4.78 is 0. The molecule has 6 nitrogen and oxygen atoms in total. The van der Waals surface area contributed by atoms with Crippen molar-refractivity contribution in [2.45, 2.75) is 6.42 Å². The summed E-state index contributed by atoms with van der Waals surface area (Å²) in [5, 5.41) is 2.03. The van der Waals surface area contributed by atoms with Crippen molar-refractivity contribution in [3.63, 3.8) is 0 Å². The van der Waals surface area contributed by atoms with E-state index in [2.05, 4.69) is 0 Å². The third-order valence-corrected chi connectivity index (χ3v) is 2.33. The molecule has 0 aromatic rings. The number of primary amides is 1. The first-order valence-electron chi connectivity index (χ1n) is 4.63. The molecule has 0 bridgehead atoms. The van der Waals surface area contributed by atoms with Crippen molar-refractivity contribution in [3.05, 3.63) is 0 Å². The Kier molecular flexibility index (Phi) is 3.84. The second-order valence-corrected chi connectivity index (χ2v) is 3.54. The van der Waals surface area contributed by atoms with Crippen molar-refractivity contribution in [2.24, 2.45) is 17.4 Å². The van der Waals surface area contributed by atoms with E-state index in [0.717, 1.165) is 19.5 Å². The molecule has 1 fully saturated rings. The minimum Gasteiger partial charge on any atom is -0.351 e. The lowest BCUT2D eigenvalue weighted by Crippen LogP contribution is -2.41. The minimum atomic E-state index is -0.801. The minimum absolute atomic E-state index is 0.222. The molecule has 0 aromatic heterocycles. The summed E-state index contributed by atoms with van der Waals surface area (Å²) in [6.07, 6.45) is 1.01. The van der Waals surface area contributed by atoms with Gasteiger partial charge in [-0.05, 0) is 25.4 Å². The van der Waals surface area contributed by atoms with E-state index in [0.29, 0.717) is 12.5 Å². The van der Waals surface area contributed by atoms with Gasteiger partial charge in [0.25, 0.3) is 0 Å². The van der Waals surface area contributed by atoms with Crippen LogP contribution in [0.25, 0.3) is 0 Å². The van der Waals surface area contributed by atoms with Crippen molar-refractivity contribution in [3.8, 4) is 0 Å². The number of hydrogen-bond acceptors (Lipinski definition) is 4. The Morgan fingerprint density at radius 2 is 2.21 bits per heavy atom. The van der Waals surface area contributed by atoms with Gasteiger partial charge < -0.3 is 11.5 Å². The van der Waals surface area contributed by atoms with Crippen molar-refractivity contribution in [1.82, 2.24) is 10.2 Å². The summed E-state index contributed by atoms with van der Waals surface area (Å²) in [5.74, 6) is 0.117. The molecule has 5 N–H and O–H groups in total. The van der Waals surface area contributed by atoms with E-state index in [1.54, 1.807) is 0 Å². The third kappa shape index (κ3) is 3.31. The summed E-state index contributed by atoms with van der Waals surface area (Å²) in [6, 6.07) is -0.801. The monoisotopic (exact) mass is 200 g/mol. The van der Waals surface area contributed by atoms with Crippen LogP contribution in [0.15, 0.2) is 0 Å². The van der Waals surface area contributed by atoms with Crippen LogP contribution in [-0.2, 0) is 4.79 Å². The lowest BCUT2D eigenvalue weighted by molar-refractivity contribution is -0.120. The number of nitrogens with two attached hydrogens (primary N) is 2. The Hall–Kier alpha value is -1.14. The molecule has 6 heteroatoms. The first kappa shape index (κ1) is 10.9. The number of carbonyl (C=O) groups is 2. The number of nitrogens with zero attached hydrogens (tertiary/aromatic N) is 1. The summed E-state index contributed by atoms with van der Waals surface area (Å²) in [4.78, 5) is 23.4. The Bertz CT molecular complexity index is 231. The molecule has 0 spiro atoms. The Morgan fingerprint density at radius 3 is 2.71 bits per heavy atom. The first-order valence-corrected chi connectivity index (χ1v) is 4.63. The van der Waals surface area contributed by atoms with Gasteiger partial charge in [-0.1, -0.05) is 0 Å². The molecule has 1 rings (SSSR count). The fraction of sp³-hybridized carbons (Fsp3) is 0.750. The van der Waals surface area contributed by atoms with Gasteiger partial charge in [0, 0.05) is 6.54 Å². The van der Waals surface area contributed by atoms with Crippen molar-refractivity contribution < 1.29 is 9.59 Å². The lowest BCUT2D eigenvalue weighted by atomic mass is 10.1. The van der Waals surface area contributed by atoms with Gasteiger partial charge in [0.05, 0.1) is 6.54 Å². The maximum absolute atomic E-state index is 11.1. The molecule has 0 aromatic carbocycles. The van der Waals surface area contributed by atoms with Crippen LogP contribution in [0.5, 0.6) is 0 Å². The predicted molar refractivity (Wildman–Crippen MR) is 51.3 cm³/mol. The van der Waals surface area contributed by atoms with Gasteiger partial charge in [0.1, 0.15) is 0 Å². The average molecular weight is 200 g/mol. The number of rotatable bonds is 3. The molecule has 0 saturated carbocycles. The molecule has 1 unspecified atom stereocenters. The van der Waals surface area contributed by atoms with E-state index < -0.39 is 6.03 Å². The zero-order valence-electron chi connectivity index (χ0n) is 8.03. The van der Waals surface area contributed by atoms with E-state index in [4.69, 9.17) is 11.5 Å². The molecular weight excluding hydrogens is 184 g/mol. The molecule has 14 heavy (non-hydrogen) atoms. The summed E-state index contributed by atoms with van der Waals surface area (Å²) in [7, 11) is 0. The van der Waals surface area contributed by atoms with Crippen LogP contribution in [0, 0.1) is 5.92 Å². The van der Waals surface area contributed by atoms with Crippen LogP contribution in [0.2, 0.25) is 0 Å². The summed E-state index contributed by atoms with van der Waals surface area (Å²) in [5.41, 5.74) is 10.3. The third-order valence-electron chi connectivity index (χ3n) is 2.33. The van der Waals surface area contributed by atoms with E-state index in [1.807, 2.05) is 10.2 Å². The Morgan fingerprint density at radius 1 is 1.50 bits per heavy atom. The number of nitrogens with one attached hydrogen (secondary N) is 1. The van der Waals surface area contributed by atoms with E-state index in [1.165, 1.54) is 0 Å². The zero-order valence-corrected chi connectivity index (χ0v) is 8.03. The van der Waals surface area contributed by atoms with Gasteiger partial charge in [0.2, 0.25) is 5.91 Å². The van der Waals surface area contributed by atoms with Crippen molar-refractivity contribution in [2.75, 3.05) is 26.2 Å². The molecule has 0 radical (unpaired) electrons. The normalized spacial score (nSPS) is 22.2. The van der Waals surface area contributed by atoms with Gasteiger partial charge in [-0.25, -0.2) is 4.79 Å². The van der Waals surface area contributed by atoms with E-state index in [9.17, 15) is 9.59 Å². The highest BCUT2D eigenvalue weighted by Crippen LogP contribution is 2.13. The van der Waals surface area contributed by atoms with Crippen LogP contribution in [0.4, 0.5) is 4.79 Å². The smallest absolute Gasteiger partial charge is 0.318 e. The highest BCUT2D eigenvalue weighted by atomic mass is 16.2. The van der Waals surface area contributed by atoms with E-state index >= 15 is 0 Å². The largest absolute Gasteiger partial charge is 0.351 e. The molecule has 1 heterocycles. The molecule has 3 amide bonds. The highest BCUT2D eigenvalue weighted by molar-refractivity contribution is 5.94. The summed E-state index contributed by atoms with van der Waals surface area (Å²) >= 11 is 0. The topological polar surface area (TPSA) is 101 Å². The maximum Gasteiger partial charge on any atom is 0.318 e. The molecule has 1 aliphatic heterocycles. The van der Waals surface area contributed by atoms with Gasteiger partial charge >= 0.3 is 6.03 Å². The van der Waals surface area contributed by atoms with Crippen LogP contribution < -0.4 is 16.8 Å². The maximum atomic E-state index is 11.1. The Balaban J connectivity index is 2.25. The second-order valence-electron chi connectivity index (χ2n) is 3.54. The highest BCUT2D eigenvalue weighted by Gasteiger charge is 2.22. The number of hydrogen-bond donors (Lipinski definition) is 3. The number of carbonyl (C=O) groups excluding carboxylic acids is 2. The zero-order chi connectivity index (χ0) is 10.6. The fourth-order valence-corrected chi connectivity index (χ4v) is 1.63. The number of likely N-dealkylation sites (tertiary alicyclic amines) is 1. The molecule has 0 aliphatic carbocycles. The number of amides is 3. The second kappa shape index (κ2) is 4.92. The number of imide groups is 1. The van der Waals surface area contributed by atoms with Gasteiger partial charge in [-0.3, -0.25) is 15.0 Å². The van der Waals surface area contributed by atoms with Crippen molar-refractivity contribution >= 4 is 11.9 Å². The average Bonchev–Trinajstić information content (AvgIpc) is 2.50. The summed E-state index contributed by atoms with van der Waals surface area (Å²) in [6.45, 7) is 2.55. The van der Waals surface area contributed by atoms with Gasteiger partial charge in [0.15, 0.2) is 0 Å². The molecule has 80 valence electrons.